The number of nitrogens with two attached hydrogens (primary N) is 1. The number of anilines is 1. The van der Waals surface area contributed by atoms with Crippen molar-refractivity contribution in [3.63, 3.8) is 0 Å². The summed E-state index contributed by atoms with van der Waals surface area (Å²) in [4.78, 5) is 22.9. The van der Waals surface area contributed by atoms with Crippen molar-refractivity contribution in [2.75, 3.05) is 18.5 Å². The fourth-order valence-corrected chi connectivity index (χ4v) is 2.32. The number of nitrogens with one attached hydrogen (secondary N) is 2. The van der Waals surface area contributed by atoms with E-state index in [0.29, 0.717) is 35.9 Å². The highest BCUT2D eigenvalue weighted by molar-refractivity contribution is 5.95. The van der Waals surface area contributed by atoms with Crippen molar-refractivity contribution < 1.29 is 19.1 Å². The molecule has 7 heteroatoms. The number of ether oxygens (including phenoxy) is 2. The predicted octanol–water partition coefficient (Wildman–Crippen LogP) is 1.75. The van der Waals surface area contributed by atoms with Gasteiger partial charge in [0.05, 0.1) is 6.54 Å². The molecule has 2 aromatic rings. The zero-order valence-electron chi connectivity index (χ0n) is 12.8. The lowest BCUT2D eigenvalue weighted by molar-refractivity contribution is 0.0789. The number of primary amides is 1. The van der Waals surface area contributed by atoms with Gasteiger partial charge in [-0.05, 0) is 36.4 Å². The van der Waals surface area contributed by atoms with Crippen LogP contribution in [0, 0.1) is 0 Å². The third-order valence-electron chi connectivity index (χ3n) is 3.47. The molecule has 0 fully saturated rings. The monoisotopic (exact) mass is 327 g/mol. The van der Waals surface area contributed by atoms with Gasteiger partial charge in [-0.1, -0.05) is 12.1 Å². The number of carbonyl (C=O) groups excluding carboxylic acids is 2. The molecule has 1 atom stereocenters. The summed E-state index contributed by atoms with van der Waals surface area (Å²) in [5.74, 6) is 1.14. The van der Waals surface area contributed by atoms with Crippen LogP contribution in [0.1, 0.15) is 10.4 Å². The maximum absolute atomic E-state index is 12.1. The van der Waals surface area contributed by atoms with Crippen LogP contribution in [0.4, 0.5) is 10.5 Å². The number of amides is 3. The normalized spacial score (nSPS) is 15.4. The van der Waals surface area contributed by atoms with E-state index >= 15 is 0 Å². The Morgan fingerprint density at radius 1 is 1.08 bits per heavy atom. The zero-order chi connectivity index (χ0) is 16.9. The molecule has 0 radical (unpaired) electrons. The Hall–Kier alpha value is -3.22. The van der Waals surface area contributed by atoms with Gasteiger partial charge in [-0.15, -0.1) is 0 Å². The van der Waals surface area contributed by atoms with E-state index in [1.807, 2.05) is 24.3 Å². The third kappa shape index (κ3) is 3.75. The van der Waals surface area contributed by atoms with Crippen LogP contribution < -0.4 is 25.8 Å². The molecule has 1 aliphatic heterocycles. The van der Waals surface area contributed by atoms with Crippen LogP contribution in [0.2, 0.25) is 0 Å². The Morgan fingerprint density at radius 3 is 2.50 bits per heavy atom. The van der Waals surface area contributed by atoms with Gasteiger partial charge in [0.2, 0.25) is 0 Å². The van der Waals surface area contributed by atoms with Gasteiger partial charge in [-0.25, -0.2) is 4.79 Å². The van der Waals surface area contributed by atoms with E-state index in [1.165, 1.54) is 0 Å². The van der Waals surface area contributed by atoms with Crippen molar-refractivity contribution in [1.29, 1.82) is 0 Å². The maximum atomic E-state index is 12.1. The Labute approximate surface area is 138 Å². The second kappa shape index (κ2) is 6.91. The van der Waals surface area contributed by atoms with E-state index in [2.05, 4.69) is 10.6 Å². The second-order valence-corrected chi connectivity index (χ2v) is 5.27. The minimum absolute atomic E-state index is 0.233. The zero-order valence-corrected chi connectivity index (χ0v) is 12.8. The average Bonchev–Trinajstić information content (AvgIpc) is 2.59. The van der Waals surface area contributed by atoms with Crippen molar-refractivity contribution in [3.05, 3.63) is 54.1 Å². The van der Waals surface area contributed by atoms with Gasteiger partial charge in [0, 0.05) is 11.3 Å². The van der Waals surface area contributed by atoms with Crippen molar-refractivity contribution >= 4 is 17.6 Å². The molecule has 0 spiro atoms. The van der Waals surface area contributed by atoms with Crippen molar-refractivity contribution in [2.45, 2.75) is 6.10 Å². The van der Waals surface area contributed by atoms with Crippen LogP contribution in [0.3, 0.4) is 0 Å². The Kier molecular flexibility index (Phi) is 4.51. The van der Waals surface area contributed by atoms with E-state index in [0.717, 1.165) is 0 Å². The molecule has 7 nitrogen and oxygen atoms in total. The summed E-state index contributed by atoms with van der Waals surface area (Å²) in [7, 11) is 0. The standard InChI is InChI=1S/C17H17N3O4/c18-17(22)20-12-7-5-11(6-8-12)16(21)19-9-13-10-23-14-3-1-2-4-15(14)24-13/h1-8,13H,9-10H2,(H,19,21)(H3,18,20,22). The number of benzene rings is 2. The summed E-state index contributed by atoms with van der Waals surface area (Å²) < 4.78 is 11.4. The lowest BCUT2D eigenvalue weighted by atomic mass is 10.2. The SMILES string of the molecule is NC(=O)Nc1ccc(C(=O)NCC2COc3ccccc3O2)cc1. The fraction of sp³-hybridized carbons (Fsp3) is 0.176. The van der Waals surface area contributed by atoms with Crippen LogP contribution in [-0.2, 0) is 0 Å². The fourth-order valence-electron chi connectivity index (χ4n) is 2.32. The molecule has 4 N–H and O–H groups in total. The maximum Gasteiger partial charge on any atom is 0.316 e. The molecule has 124 valence electrons. The lowest BCUT2D eigenvalue weighted by Crippen LogP contribution is -2.40. The first-order chi connectivity index (χ1) is 11.6. The third-order valence-corrected chi connectivity index (χ3v) is 3.47. The van der Waals surface area contributed by atoms with Crippen LogP contribution in [0.5, 0.6) is 11.5 Å². The number of carbonyl (C=O) groups is 2. The molecular weight excluding hydrogens is 310 g/mol. The molecule has 0 bridgehead atoms. The smallest absolute Gasteiger partial charge is 0.316 e. The van der Waals surface area contributed by atoms with E-state index < -0.39 is 6.03 Å². The van der Waals surface area contributed by atoms with Crippen molar-refractivity contribution in [2.24, 2.45) is 5.73 Å². The van der Waals surface area contributed by atoms with Gasteiger partial charge in [0.1, 0.15) is 12.7 Å². The van der Waals surface area contributed by atoms with Gasteiger partial charge in [0.25, 0.3) is 5.91 Å². The van der Waals surface area contributed by atoms with Crippen LogP contribution in [0.25, 0.3) is 0 Å². The van der Waals surface area contributed by atoms with Gasteiger partial charge < -0.3 is 25.8 Å². The topological polar surface area (TPSA) is 103 Å². The molecule has 0 aromatic heterocycles. The van der Waals surface area contributed by atoms with Gasteiger partial charge in [-0.3, -0.25) is 4.79 Å². The highest BCUT2D eigenvalue weighted by Crippen LogP contribution is 2.30. The quantitative estimate of drug-likeness (QED) is 0.796. The largest absolute Gasteiger partial charge is 0.486 e. The van der Waals surface area contributed by atoms with E-state index in [1.54, 1.807) is 24.3 Å². The minimum atomic E-state index is -0.651. The Balaban J connectivity index is 1.53. The minimum Gasteiger partial charge on any atom is -0.486 e. The van der Waals surface area contributed by atoms with E-state index in [-0.39, 0.29) is 12.0 Å². The van der Waals surface area contributed by atoms with Gasteiger partial charge in [0.15, 0.2) is 11.5 Å². The first-order valence-corrected chi connectivity index (χ1v) is 7.45. The number of hydrogen-bond donors (Lipinski definition) is 3. The number of urea groups is 1. The molecule has 3 amide bonds. The number of hydrogen-bond acceptors (Lipinski definition) is 4. The van der Waals surface area contributed by atoms with Gasteiger partial charge >= 0.3 is 6.03 Å². The first kappa shape index (κ1) is 15.7. The van der Waals surface area contributed by atoms with Crippen LogP contribution in [-0.4, -0.2) is 31.2 Å². The Bertz CT molecular complexity index is 746. The van der Waals surface area contributed by atoms with Crippen LogP contribution >= 0.6 is 0 Å². The summed E-state index contributed by atoms with van der Waals surface area (Å²) in [5.41, 5.74) is 6.03. The number of para-hydroxylation sites is 2. The molecule has 2 aromatic carbocycles. The molecule has 0 saturated heterocycles. The highest BCUT2D eigenvalue weighted by atomic mass is 16.6. The molecule has 1 heterocycles. The van der Waals surface area contributed by atoms with E-state index in [9.17, 15) is 9.59 Å². The van der Waals surface area contributed by atoms with Gasteiger partial charge in [-0.2, -0.15) is 0 Å². The number of rotatable bonds is 4. The van der Waals surface area contributed by atoms with E-state index in [4.69, 9.17) is 15.2 Å². The highest BCUT2D eigenvalue weighted by Gasteiger charge is 2.21. The first-order valence-electron chi connectivity index (χ1n) is 7.45. The molecule has 0 aliphatic carbocycles. The van der Waals surface area contributed by atoms with Crippen molar-refractivity contribution in [3.8, 4) is 11.5 Å². The molecule has 1 aliphatic rings. The summed E-state index contributed by atoms with van der Waals surface area (Å²) in [6.45, 7) is 0.702. The summed E-state index contributed by atoms with van der Waals surface area (Å²) in [6, 6.07) is 13.2. The summed E-state index contributed by atoms with van der Waals surface area (Å²) in [6.07, 6.45) is -0.250. The summed E-state index contributed by atoms with van der Waals surface area (Å²) >= 11 is 0. The second-order valence-electron chi connectivity index (χ2n) is 5.27. The molecule has 3 rings (SSSR count). The Morgan fingerprint density at radius 2 is 1.79 bits per heavy atom. The molecule has 0 saturated carbocycles. The van der Waals surface area contributed by atoms with Crippen molar-refractivity contribution in [1.82, 2.24) is 5.32 Å². The number of fused-ring (bicyclic) bond motifs is 1. The average molecular weight is 327 g/mol. The van der Waals surface area contributed by atoms with Crippen LogP contribution in [0.15, 0.2) is 48.5 Å². The molecule has 24 heavy (non-hydrogen) atoms. The molecular formula is C17H17N3O4. The molecule has 1 unspecified atom stereocenters. The predicted molar refractivity (Wildman–Crippen MR) is 88.3 cm³/mol. The summed E-state index contributed by atoms with van der Waals surface area (Å²) in [5, 5.41) is 5.24. The lowest BCUT2D eigenvalue weighted by Gasteiger charge is -2.26.